The highest BCUT2D eigenvalue weighted by Gasteiger charge is 2.20. The Morgan fingerprint density at radius 2 is 1.95 bits per heavy atom. The van der Waals surface area contributed by atoms with E-state index < -0.39 is 6.04 Å². The Balaban J connectivity index is 0.00000242. The number of benzene rings is 1. The van der Waals surface area contributed by atoms with Crippen molar-refractivity contribution in [3.63, 3.8) is 0 Å². The molecule has 0 saturated carbocycles. The number of amides is 1. The van der Waals surface area contributed by atoms with Crippen LogP contribution in [-0.4, -0.2) is 29.9 Å². The Morgan fingerprint density at radius 1 is 1.23 bits per heavy atom. The molecule has 1 aromatic carbocycles. The molecule has 0 fully saturated rings. The molecule has 1 aromatic heterocycles. The number of hydrogen-bond acceptors (Lipinski definition) is 3. The van der Waals surface area contributed by atoms with E-state index in [4.69, 9.17) is 5.73 Å². The third kappa shape index (κ3) is 5.44. The van der Waals surface area contributed by atoms with Gasteiger partial charge in [-0.25, -0.2) is 0 Å². The minimum Gasteiger partial charge on any atom is -0.341 e. The Hall–Kier alpha value is -1.36. The highest BCUT2D eigenvalue weighted by Crippen LogP contribution is 2.11. The molecule has 0 aliphatic rings. The summed E-state index contributed by atoms with van der Waals surface area (Å²) in [6, 6.07) is 13.6. The normalized spacial score (nSPS) is 11.5. The summed E-state index contributed by atoms with van der Waals surface area (Å²) >= 11 is 1.73. The summed E-state index contributed by atoms with van der Waals surface area (Å²) in [5, 5.41) is 2.06. The van der Waals surface area contributed by atoms with E-state index in [1.54, 1.807) is 11.3 Å². The molecule has 0 spiro atoms. The number of carbonyl (C=O) groups excluding carboxylic acids is 1. The standard InChI is InChI=1S/C17H22N2OS.ClH/c1-2-19(11-10-15-9-6-12-21-15)17(20)16(18)13-14-7-4-3-5-8-14;/h3-9,12,16H,2,10-11,13,18H2,1H3;1H. The number of thiophene rings is 1. The van der Waals surface area contributed by atoms with Gasteiger partial charge in [-0.05, 0) is 36.8 Å². The van der Waals surface area contributed by atoms with E-state index in [-0.39, 0.29) is 18.3 Å². The largest absolute Gasteiger partial charge is 0.341 e. The Morgan fingerprint density at radius 3 is 2.55 bits per heavy atom. The van der Waals surface area contributed by atoms with Crippen LogP contribution in [0, 0.1) is 0 Å². The van der Waals surface area contributed by atoms with E-state index in [0.717, 1.165) is 18.5 Å². The van der Waals surface area contributed by atoms with E-state index in [1.807, 2.05) is 48.2 Å². The summed E-state index contributed by atoms with van der Waals surface area (Å²) in [5.41, 5.74) is 7.19. The fourth-order valence-corrected chi connectivity index (χ4v) is 3.01. The Kier molecular flexibility index (Phi) is 8.17. The van der Waals surface area contributed by atoms with Gasteiger partial charge in [0.1, 0.15) is 0 Å². The van der Waals surface area contributed by atoms with E-state index in [9.17, 15) is 4.79 Å². The molecule has 0 aliphatic heterocycles. The summed E-state index contributed by atoms with van der Waals surface area (Å²) in [6.07, 6.45) is 1.49. The van der Waals surface area contributed by atoms with Crippen LogP contribution in [0.4, 0.5) is 0 Å². The molecule has 120 valence electrons. The lowest BCUT2D eigenvalue weighted by molar-refractivity contribution is -0.132. The lowest BCUT2D eigenvalue weighted by atomic mass is 10.1. The van der Waals surface area contributed by atoms with E-state index >= 15 is 0 Å². The molecular formula is C17H23ClN2OS. The quantitative estimate of drug-likeness (QED) is 0.843. The first-order valence-electron chi connectivity index (χ1n) is 7.31. The first-order valence-corrected chi connectivity index (χ1v) is 8.19. The van der Waals surface area contributed by atoms with Crippen LogP contribution in [0.5, 0.6) is 0 Å². The van der Waals surface area contributed by atoms with Gasteiger partial charge < -0.3 is 10.6 Å². The topological polar surface area (TPSA) is 46.3 Å². The number of rotatable bonds is 7. The molecule has 1 amide bonds. The smallest absolute Gasteiger partial charge is 0.239 e. The first kappa shape index (κ1) is 18.7. The zero-order chi connectivity index (χ0) is 15.1. The van der Waals surface area contributed by atoms with Gasteiger partial charge >= 0.3 is 0 Å². The third-order valence-corrected chi connectivity index (χ3v) is 4.45. The van der Waals surface area contributed by atoms with Crippen molar-refractivity contribution >= 4 is 29.7 Å². The van der Waals surface area contributed by atoms with E-state index in [1.165, 1.54) is 4.88 Å². The van der Waals surface area contributed by atoms with Gasteiger partial charge in [0.2, 0.25) is 5.91 Å². The predicted molar refractivity (Wildman–Crippen MR) is 95.6 cm³/mol. The van der Waals surface area contributed by atoms with Gasteiger partial charge in [0, 0.05) is 18.0 Å². The maximum atomic E-state index is 12.4. The van der Waals surface area contributed by atoms with Crippen molar-refractivity contribution in [1.29, 1.82) is 0 Å². The summed E-state index contributed by atoms with van der Waals surface area (Å²) in [4.78, 5) is 15.6. The second-order valence-electron chi connectivity index (χ2n) is 5.04. The molecule has 2 N–H and O–H groups in total. The number of hydrogen-bond donors (Lipinski definition) is 1. The molecule has 22 heavy (non-hydrogen) atoms. The molecule has 1 unspecified atom stereocenters. The van der Waals surface area contributed by atoms with Crippen molar-refractivity contribution in [3.8, 4) is 0 Å². The van der Waals surface area contributed by atoms with Crippen LogP contribution >= 0.6 is 23.7 Å². The molecular weight excluding hydrogens is 316 g/mol. The van der Waals surface area contributed by atoms with Gasteiger partial charge in [-0.3, -0.25) is 4.79 Å². The van der Waals surface area contributed by atoms with Gasteiger partial charge in [0.15, 0.2) is 0 Å². The van der Waals surface area contributed by atoms with Crippen molar-refractivity contribution in [2.75, 3.05) is 13.1 Å². The van der Waals surface area contributed by atoms with Crippen LogP contribution < -0.4 is 5.73 Å². The second kappa shape index (κ2) is 9.62. The van der Waals surface area contributed by atoms with Crippen molar-refractivity contribution < 1.29 is 4.79 Å². The Labute approximate surface area is 142 Å². The molecule has 0 bridgehead atoms. The highest BCUT2D eigenvalue weighted by molar-refractivity contribution is 7.09. The number of likely N-dealkylation sites (N-methyl/N-ethyl adjacent to an activating group) is 1. The minimum absolute atomic E-state index is 0. The number of carbonyl (C=O) groups is 1. The summed E-state index contributed by atoms with van der Waals surface area (Å²) in [7, 11) is 0. The molecule has 2 aromatic rings. The average Bonchev–Trinajstić information content (AvgIpc) is 3.02. The van der Waals surface area contributed by atoms with Gasteiger partial charge in [-0.1, -0.05) is 36.4 Å². The predicted octanol–water partition coefficient (Wildman–Crippen LogP) is 3.13. The van der Waals surface area contributed by atoms with Gasteiger partial charge in [-0.2, -0.15) is 0 Å². The second-order valence-corrected chi connectivity index (χ2v) is 6.08. The first-order chi connectivity index (χ1) is 10.2. The monoisotopic (exact) mass is 338 g/mol. The molecule has 2 rings (SSSR count). The van der Waals surface area contributed by atoms with Crippen molar-refractivity contribution in [1.82, 2.24) is 4.90 Å². The highest BCUT2D eigenvalue weighted by atomic mass is 35.5. The number of nitrogens with two attached hydrogens (primary N) is 1. The third-order valence-electron chi connectivity index (χ3n) is 3.52. The molecule has 3 nitrogen and oxygen atoms in total. The molecule has 0 aliphatic carbocycles. The van der Waals surface area contributed by atoms with Crippen molar-refractivity contribution in [2.24, 2.45) is 5.73 Å². The fourth-order valence-electron chi connectivity index (χ4n) is 2.31. The summed E-state index contributed by atoms with van der Waals surface area (Å²) < 4.78 is 0. The van der Waals surface area contributed by atoms with Crippen LogP contribution in [0.2, 0.25) is 0 Å². The van der Waals surface area contributed by atoms with Crippen LogP contribution in [0.3, 0.4) is 0 Å². The van der Waals surface area contributed by atoms with Gasteiger partial charge in [0.05, 0.1) is 6.04 Å². The Bertz CT molecular complexity index is 545. The van der Waals surface area contributed by atoms with Crippen LogP contribution in [-0.2, 0) is 17.6 Å². The van der Waals surface area contributed by atoms with Gasteiger partial charge in [-0.15, -0.1) is 23.7 Å². The minimum atomic E-state index is -0.462. The van der Waals surface area contributed by atoms with E-state index in [0.29, 0.717) is 13.0 Å². The fraction of sp³-hybridized carbons (Fsp3) is 0.353. The molecule has 1 atom stereocenters. The van der Waals surface area contributed by atoms with Crippen LogP contribution in [0.25, 0.3) is 0 Å². The van der Waals surface area contributed by atoms with Crippen LogP contribution in [0.15, 0.2) is 47.8 Å². The van der Waals surface area contributed by atoms with Gasteiger partial charge in [0.25, 0.3) is 0 Å². The zero-order valence-electron chi connectivity index (χ0n) is 12.8. The zero-order valence-corrected chi connectivity index (χ0v) is 14.4. The molecule has 5 heteroatoms. The van der Waals surface area contributed by atoms with Crippen molar-refractivity contribution in [3.05, 3.63) is 58.3 Å². The SMILES string of the molecule is CCN(CCc1cccs1)C(=O)C(N)Cc1ccccc1.Cl. The van der Waals surface area contributed by atoms with Crippen molar-refractivity contribution in [2.45, 2.75) is 25.8 Å². The molecule has 1 heterocycles. The van der Waals surface area contributed by atoms with E-state index in [2.05, 4.69) is 11.4 Å². The maximum Gasteiger partial charge on any atom is 0.239 e. The maximum absolute atomic E-state index is 12.4. The average molecular weight is 339 g/mol. The van der Waals surface area contributed by atoms with Crippen LogP contribution in [0.1, 0.15) is 17.4 Å². The number of nitrogens with zero attached hydrogens (tertiary/aromatic N) is 1. The molecule has 0 radical (unpaired) electrons. The number of halogens is 1. The summed E-state index contributed by atoms with van der Waals surface area (Å²) in [5.74, 6) is 0.0397. The lowest BCUT2D eigenvalue weighted by Gasteiger charge is -2.24. The summed E-state index contributed by atoms with van der Waals surface area (Å²) in [6.45, 7) is 3.44. The molecule has 0 saturated heterocycles. The lowest BCUT2D eigenvalue weighted by Crippen LogP contribution is -2.45.